The molecule has 0 aliphatic carbocycles. The lowest BCUT2D eigenvalue weighted by Crippen LogP contribution is -2.26. The standard InChI is InChI=1S/C14H21NO2/c1-11(15)13-7-2-3-8-14(13)17-10-12-6-4-5-9-16-12/h2-3,7-8,11-12H,4-6,9-10,15H2,1H3. The molecule has 1 fully saturated rings. The summed E-state index contributed by atoms with van der Waals surface area (Å²) in [5, 5.41) is 0. The highest BCUT2D eigenvalue weighted by molar-refractivity contribution is 5.35. The van der Waals surface area contributed by atoms with Crippen LogP contribution >= 0.6 is 0 Å². The maximum absolute atomic E-state index is 5.91. The Hall–Kier alpha value is -1.06. The van der Waals surface area contributed by atoms with Crippen LogP contribution in [0.4, 0.5) is 0 Å². The Balaban J connectivity index is 1.93. The molecule has 0 saturated carbocycles. The van der Waals surface area contributed by atoms with Gasteiger partial charge in [-0.05, 0) is 32.3 Å². The zero-order chi connectivity index (χ0) is 12.1. The molecule has 1 heterocycles. The summed E-state index contributed by atoms with van der Waals surface area (Å²) in [5.74, 6) is 0.886. The van der Waals surface area contributed by atoms with E-state index in [9.17, 15) is 0 Å². The fraction of sp³-hybridized carbons (Fsp3) is 0.571. The van der Waals surface area contributed by atoms with Crippen LogP contribution in [-0.4, -0.2) is 19.3 Å². The van der Waals surface area contributed by atoms with E-state index in [4.69, 9.17) is 15.2 Å². The van der Waals surface area contributed by atoms with Gasteiger partial charge in [-0.25, -0.2) is 0 Å². The summed E-state index contributed by atoms with van der Waals surface area (Å²) in [7, 11) is 0. The molecule has 94 valence electrons. The van der Waals surface area contributed by atoms with Crippen molar-refractivity contribution in [1.29, 1.82) is 0 Å². The number of hydrogen-bond acceptors (Lipinski definition) is 3. The molecule has 2 atom stereocenters. The Morgan fingerprint density at radius 3 is 2.94 bits per heavy atom. The van der Waals surface area contributed by atoms with E-state index in [1.807, 2.05) is 31.2 Å². The number of benzene rings is 1. The van der Waals surface area contributed by atoms with Crippen molar-refractivity contribution in [1.82, 2.24) is 0 Å². The lowest BCUT2D eigenvalue weighted by atomic mass is 10.1. The van der Waals surface area contributed by atoms with Crippen LogP contribution < -0.4 is 10.5 Å². The molecular weight excluding hydrogens is 214 g/mol. The molecule has 1 saturated heterocycles. The van der Waals surface area contributed by atoms with E-state index in [0.717, 1.165) is 24.3 Å². The molecule has 0 bridgehead atoms. The van der Waals surface area contributed by atoms with E-state index in [-0.39, 0.29) is 12.1 Å². The van der Waals surface area contributed by atoms with Gasteiger partial charge in [0.05, 0.1) is 6.10 Å². The Labute approximate surface area is 103 Å². The van der Waals surface area contributed by atoms with Crippen LogP contribution in [0.3, 0.4) is 0 Å². The smallest absolute Gasteiger partial charge is 0.124 e. The molecule has 2 unspecified atom stereocenters. The Morgan fingerprint density at radius 1 is 1.41 bits per heavy atom. The molecule has 3 nitrogen and oxygen atoms in total. The van der Waals surface area contributed by atoms with Gasteiger partial charge in [0.1, 0.15) is 12.4 Å². The highest BCUT2D eigenvalue weighted by atomic mass is 16.5. The summed E-state index contributed by atoms with van der Waals surface area (Å²) < 4.78 is 11.5. The van der Waals surface area contributed by atoms with Gasteiger partial charge in [-0.2, -0.15) is 0 Å². The molecule has 2 rings (SSSR count). The van der Waals surface area contributed by atoms with Crippen molar-refractivity contribution in [2.45, 2.75) is 38.3 Å². The molecule has 1 aliphatic rings. The number of para-hydroxylation sites is 1. The van der Waals surface area contributed by atoms with Gasteiger partial charge in [0.25, 0.3) is 0 Å². The fourth-order valence-corrected chi connectivity index (χ4v) is 2.11. The first kappa shape index (κ1) is 12.4. The second-order valence-corrected chi connectivity index (χ2v) is 4.63. The quantitative estimate of drug-likeness (QED) is 0.872. The summed E-state index contributed by atoms with van der Waals surface area (Å²) in [4.78, 5) is 0. The normalized spacial score (nSPS) is 22.1. The van der Waals surface area contributed by atoms with Gasteiger partial charge < -0.3 is 15.2 Å². The topological polar surface area (TPSA) is 44.5 Å². The van der Waals surface area contributed by atoms with Crippen LogP contribution in [0.25, 0.3) is 0 Å². The van der Waals surface area contributed by atoms with Crippen molar-refractivity contribution < 1.29 is 9.47 Å². The van der Waals surface area contributed by atoms with Crippen LogP contribution in [0.1, 0.15) is 37.8 Å². The van der Waals surface area contributed by atoms with Crippen molar-refractivity contribution in [3.63, 3.8) is 0 Å². The molecule has 1 aliphatic heterocycles. The molecule has 2 N–H and O–H groups in total. The van der Waals surface area contributed by atoms with Crippen molar-refractivity contribution in [3.8, 4) is 5.75 Å². The molecule has 1 aromatic carbocycles. The second kappa shape index (κ2) is 6.03. The maximum Gasteiger partial charge on any atom is 0.124 e. The third-order valence-electron chi connectivity index (χ3n) is 3.11. The first-order valence-electron chi connectivity index (χ1n) is 6.36. The third kappa shape index (κ3) is 3.45. The van der Waals surface area contributed by atoms with Crippen molar-refractivity contribution in [3.05, 3.63) is 29.8 Å². The summed E-state index contributed by atoms with van der Waals surface area (Å²) in [5.41, 5.74) is 6.97. The molecule has 1 aromatic rings. The summed E-state index contributed by atoms with van der Waals surface area (Å²) in [6.45, 7) is 3.46. The predicted molar refractivity (Wildman–Crippen MR) is 68.1 cm³/mol. The summed E-state index contributed by atoms with van der Waals surface area (Å²) in [6, 6.07) is 7.95. The lowest BCUT2D eigenvalue weighted by molar-refractivity contribution is -0.0112. The maximum atomic E-state index is 5.91. The number of hydrogen-bond donors (Lipinski definition) is 1. The van der Waals surface area contributed by atoms with E-state index in [1.54, 1.807) is 0 Å². The molecule has 0 radical (unpaired) electrons. The van der Waals surface area contributed by atoms with Gasteiger partial charge >= 0.3 is 0 Å². The SMILES string of the molecule is CC(N)c1ccccc1OCC1CCCCO1. The van der Waals surface area contributed by atoms with Crippen LogP contribution in [0.2, 0.25) is 0 Å². The number of rotatable bonds is 4. The fourth-order valence-electron chi connectivity index (χ4n) is 2.11. The first-order chi connectivity index (χ1) is 8.27. The zero-order valence-electron chi connectivity index (χ0n) is 10.4. The van der Waals surface area contributed by atoms with Crippen molar-refractivity contribution in [2.24, 2.45) is 5.73 Å². The summed E-state index contributed by atoms with van der Waals surface area (Å²) in [6.07, 6.45) is 3.75. The van der Waals surface area contributed by atoms with Crippen molar-refractivity contribution >= 4 is 0 Å². The Morgan fingerprint density at radius 2 is 2.24 bits per heavy atom. The van der Waals surface area contributed by atoms with Crippen LogP contribution in [-0.2, 0) is 4.74 Å². The molecule has 17 heavy (non-hydrogen) atoms. The monoisotopic (exact) mass is 235 g/mol. The third-order valence-corrected chi connectivity index (χ3v) is 3.11. The minimum absolute atomic E-state index is 0.00141. The molecule has 3 heteroatoms. The minimum Gasteiger partial charge on any atom is -0.491 e. The van der Waals surface area contributed by atoms with Gasteiger partial charge in [-0.1, -0.05) is 18.2 Å². The van der Waals surface area contributed by atoms with E-state index >= 15 is 0 Å². The first-order valence-corrected chi connectivity index (χ1v) is 6.36. The van der Waals surface area contributed by atoms with Crippen LogP contribution in [0, 0.1) is 0 Å². The van der Waals surface area contributed by atoms with Gasteiger partial charge in [-0.15, -0.1) is 0 Å². The highest BCUT2D eigenvalue weighted by Gasteiger charge is 2.15. The summed E-state index contributed by atoms with van der Waals surface area (Å²) >= 11 is 0. The van der Waals surface area contributed by atoms with Gasteiger partial charge in [0.2, 0.25) is 0 Å². The van der Waals surface area contributed by atoms with Crippen molar-refractivity contribution in [2.75, 3.05) is 13.2 Å². The van der Waals surface area contributed by atoms with E-state index < -0.39 is 0 Å². The lowest BCUT2D eigenvalue weighted by Gasteiger charge is -2.23. The molecule has 0 aromatic heterocycles. The number of nitrogens with two attached hydrogens (primary N) is 1. The largest absolute Gasteiger partial charge is 0.491 e. The zero-order valence-corrected chi connectivity index (χ0v) is 10.4. The molecule has 0 amide bonds. The number of ether oxygens (including phenoxy) is 2. The average Bonchev–Trinajstić information content (AvgIpc) is 2.38. The van der Waals surface area contributed by atoms with Gasteiger partial charge in [0, 0.05) is 18.2 Å². The second-order valence-electron chi connectivity index (χ2n) is 4.63. The predicted octanol–water partition coefficient (Wildman–Crippen LogP) is 2.65. The van der Waals surface area contributed by atoms with Crippen LogP contribution in [0.5, 0.6) is 5.75 Å². The molecule has 0 spiro atoms. The Bertz CT molecular complexity index is 346. The highest BCUT2D eigenvalue weighted by Crippen LogP contribution is 2.24. The van der Waals surface area contributed by atoms with Crippen LogP contribution in [0.15, 0.2) is 24.3 Å². The van der Waals surface area contributed by atoms with E-state index in [1.165, 1.54) is 12.8 Å². The Kier molecular flexibility index (Phi) is 4.40. The average molecular weight is 235 g/mol. The van der Waals surface area contributed by atoms with E-state index in [2.05, 4.69) is 0 Å². The molecular formula is C14H21NO2. The van der Waals surface area contributed by atoms with Gasteiger partial charge in [0.15, 0.2) is 0 Å². The van der Waals surface area contributed by atoms with E-state index in [0.29, 0.717) is 6.61 Å². The minimum atomic E-state index is -0.00141. The van der Waals surface area contributed by atoms with Gasteiger partial charge in [-0.3, -0.25) is 0 Å².